The summed E-state index contributed by atoms with van der Waals surface area (Å²) in [6.07, 6.45) is 3.80. The molecule has 1 unspecified atom stereocenters. The molecule has 3 N–H and O–H groups in total. The van der Waals surface area contributed by atoms with E-state index in [4.69, 9.17) is 26.7 Å². The molecule has 160 valence electrons. The van der Waals surface area contributed by atoms with Crippen molar-refractivity contribution in [2.45, 2.75) is 19.9 Å². The number of aryl methyl sites for hydroxylation is 1. The van der Waals surface area contributed by atoms with Gasteiger partial charge in [0.15, 0.2) is 5.58 Å². The molecule has 5 rings (SSSR count). The molecule has 7 nitrogen and oxygen atoms in total. The number of anilines is 3. The van der Waals surface area contributed by atoms with Crippen LogP contribution in [-0.4, -0.2) is 15.9 Å². The first-order chi connectivity index (χ1) is 15.5. The summed E-state index contributed by atoms with van der Waals surface area (Å²) in [5.41, 5.74) is 10.7. The van der Waals surface area contributed by atoms with Crippen LogP contribution < -0.4 is 16.0 Å². The minimum Gasteiger partial charge on any atom is -0.421 e. The number of hydrogen-bond acceptors (Lipinski definition) is 7. The number of halogens is 1. The fourth-order valence-electron chi connectivity index (χ4n) is 3.71. The highest BCUT2D eigenvalue weighted by molar-refractivity contribution is 6.31. The largest absolute Gasteiger partial charge is 0.421 e. The van der Waals surface area contributed by atoms with Crippen LogP contribution in [0.15, 0.2) is 82.0 Å². The summed E-state index contributed by atoms with van der Waals surface area (Å²) in [4.78, 5) is 15.9. The smallest absolute Gasteiger partial charge is 0.302 e. The van der Waals surface area contributed by atoms with Crippen LogP contribution in [0.1, 0.15) is 24.1 Å². The lowest BCUT2D eigenvalue weighted by Gasteiger charge is -2.31. The second-order valence-electron chi connectivity index (χ2n) is 7.59. The van der Waals surface area contributed by atoms with Crippen LogP contribution in [0.2, 0.25) is 5.02 Å². The van der Waals surface area contributed by atoms with Crippen molar-refractivity contribution in [2.24, 2.45) is 4.99 Å². The molecule has 0 fully saturated rings. The summed E-state index contributed by atoms with van der Waals surface area (Å²) in [5, 5.41) is 3.90. The van der Waals surface area contributed by atoms with Gasteiger partial charge in [-0.25, -0.2) is 9.98 Å². The zero-order chi connectivity index (χ0) is 22.2. The Balaban J connectivity index is 1.59. The monoisotopic (exact) mass is 444 g/mol. The van der Waals surface area contributed by atoms with E-state index in [0.29, 0.717) is 33.8 Å². The molecular weight excluding hydrogens is 424 g/mol. The molecule has 3 heterocycles. The summed E-state index contributed by atoms with van der Waals surface area (Å²) in [5.74, 6) is 1.24. The molecule has 1 aliphatic rings. The number of pyridine rings is 1. The molecule has 32 heavy (non-hydrogen) atoms. The normalized spacial score (nSPS) is 16.1. The number of benzene rings is 2. The summed E-state index contributed by atoms with van der Waals surface area (Å²) >= 11 is 6.55. The predicted octanol–water partition coefficient (Wildman–Crippen LogP) is 5.70. The quantitative estimate of drug-likeness (QED) is 0.394. The Bertz CT molecular complexity index is 1360. The lowest BCUT2D eigenvalue weighted by Crippen LogP contribution is -2.38. The van der Waals surface area contributed by atoms with E-state index in [2.05, 4.69) is 21.4 Å². The molecule has 0 saturated carbocycles. The first-order valence-corrected chi connectivity index (χ1v) is 10.5. The molecule has 1 aliphatic heterocycles. The Morgan fingerprint density at radius 3 is 2.72 bits per heavy atom. The van der Waals surface area contributed by atoms with E-state index in [1.165, 1.54) is 0 Å². The van der Waals surface area contributed by atoms with Crippen molar-refractivity contribution in [1.82, 2.24) is 9.97 Å². The standard InChI is InChI=1S/C24H21ClN6O/c1-14-9-10-16(17(25)12-14)20-13-15(2)31(21-8-3-4-11-27-21)23(28-20)30-24-29-19-7-5-6-18(26)22(19)32-24/h3-13,20H,26H2,1-2H3,(H,28,29,30). The Hall–Kier alpha value is -3.84. The molecule has 0 aliphatic carbocycles. The second-order valence-corrected chi connectivity index (χ2v) is 8.00. The molecule has 0 spiro atoms. The van der Waals surface area contributed by atoms with Crippen molar-refractivity contribution in [2.75, 3.05) is 16.0 Å². The number of nitrogens with two attached hydrogens (primary N) is 1. The third-order valence-corrected chi connectivity index (χ3v) is 5.57. The highest BCUT2D eigenvalue weighted by atomic mass is 35.5. The Morgan fingerprint density at radius 2 is 1.97 bits per heavy atom. The zero-order valence-electron chi connectivity index (χ0n) is 17.6. The van der Waals surface area contributed by atoms with Gasteiger partial charge in [0.2, 0.25) is 5.96 Å². The molecule has 0 amide bonds. The second kappa shape index (κ2) is 8.01. The van der Waals surface area contributed by atoms with E-state index in [-0.39, 0.29) is 6.04 Å². The summed E-state index contributed by atoms with van der Waals surface area (Å²) < 4.78 is 5.88. The van der Waals surface area contributed by atoms with Crippen molar-refractivity contribution < 1.29 is 4.42 Å². The van der Waals surface area contributed by atoms with Crippen molar-refractivity contribution in [3.8, 4) is 0 Å². The maximum absolute atomic E-state index is 6.55. The SMILES string of the molecule is CC1=CC(c2ccc(C)cc2Cl)N=C(Nc2nc3cccc(N)c3o2)N1c1ccccn1. The maximum Gasteiger partial charge on any atom is 0.302 e. The van der Waals surface area contributed by atoms with E-state index in [1.54, 1.807) is 12.3 Å². The number of nitrogen functional groups attached to an aromatic ring is 1. The Kier molecular flexibility index (Phi) is 5.03. The third kappa shape index (κ3) is 3.67. The molecule has 2 aromatic carbocycles. The van der Waals surface area contributed by atoms with Gasteiger partial charge in [-0.3, -0.25) is 10.2 Å². The van der Waals surface area contributed by atoms with Gasteiger partial charge in [-0.2, -0.15) is 4.98 Å². The topological polar surface area (TPSA) is 92.6 Å². The van der Waals surface area contributed by atoms with Crippen LogP contribution in [0.4, 0.5) is 17.5 Å². The van der Waals surface area contributed by atoms with E-state index >= 15 is 0 Å². The van der Waals surface area contributed by atoms with Crippen molar-refractivity contribution in [3.63, 3.8) is 0 Å². The van der Waals surface area contributed by atoms with Gasteiger partial charge in [0.05, 0.1) is 5.69 Å². The number of oxazole rings is 1. The van der Waals surface area contributed by atoms with Crippen molar-refractivity contribution in [3.05, 3.63) is 88.7 Å². The van der Waals surface area contributed by atoms with Crippen LogP contribution in [0.5, 0.6) is 0 Å². The van der Waals surface area contributed by atoms with Crippen molar-refractivity contribution in [1.29, 1.82) is 0 Å². The van der Waals surface area contributed by atoms with Gasteiger partial charge >= 0.3 is 6.01 Å². The molecule has 0 bridgehead atoms. The van der Waals surface area contributed by atoms with Gasteiger partial charge in [-0.05, 0) is 61.4 Å². The van der Waals surface area contributed by atoms with Crippen LogP contribution in [-0.2, 0) is 0 Å². The molecular formula is C24H21ClN6O. The van der Waals surface area contributed by atoms with Gasteiger partial charge in [0.25, 0.3) is 0 Å². The third-order valence-electron chi connectivity index (χ3n) is 5.24. The Labute approximate surface area is 190 Å². The van der Waals surface area contributed by atoms with E-state index < -0.39 is 0 Å². The molecule has 2 aromatic heterocycles. The molecule has 0 radical (unpaired) electrons. The number of hydrogen-bond donors (Lipinski definition) is 2. The van der Waals surface area contributed by atoms with E-state index in [1.807, 2.05) is 67.3 Å². The summed E-state index contributed by atoms with van der Waals surface area (Å²) in [6, 6.07) is 17.2. The average molecular weight is 445 g/mol. The number of allylic oxidation sites excluding steroid dienone is 1. The molecule has 4 aromatic rings. The number of nitrogens with one attached hydrogen (secondary N) is 1. The fraction of sp³-hybridized carbons (Fsp3) is 0.125. The first-order valence-electron chi connectivity index (χ1n) is 10.1. The van der Waals surface area contributed by atoms with Gasteiger partial charge in [0, 0.05) is 16.9 Å². The van der Waals surface area contributed by atoms with Crippen LogP contribution in [0.25, 0.3) is 11.1 Å². The molecule has 1 atom stereocenters. The number of rotatable bonds is 3. The van der Waals surface area contributed by atoms with Gasteiger partial charge in [0.1, 0.15) is 17.4 Å². The minimum absolute atomic E-state index is 0.278. The van der Waals surface area contributed by atoms with E-state index in [0.717, 1.165) is 22.6 Å². The summed E-state index contributed by atoms with van der Waals surface area (Å²) in [6.45, 7) is 4.01. The van der Waals surface area contributed by atoms with Gasteiger partial charge < -0.3 is 10.2 Å². The number of para-hydroxylation sites is 1. The number of aromatic nitrogens is 2. The summed E-state index contributed by atoms with van der Waals surface area (Å²) in [7, 11) is 0. The van der Waals surface area contributed by atoms with Gasteiger partial charge in [-0.1, -0.05) is 35.9 Å². The van der Waals surface area contributed by atoms with E-state index in [9.17, 15) is 0 Å². The molecule has 8 heteroatoms. The molecule has 0 saturated heterocycles. The lowest BCUT2D eigenvalue weighted by atomic mass is 10.0. The number of nitrogens with zero attached hydrogens (tertiary/aromatic N) is 4. The number of aliphatic imine (C=N–C) groups is 1. The predicted molar refractivity (Wildman–Crippen MR) is 129 cm³/mol. The average Bonchev–Trinajstić information content (AvgIpc) is 3.18. The maximum atomic E-state index is 6.55. The van der Waals surface area contributed by atoms with Crippen LogP contribution >= 0.6 is 11.6 Å². The fourth-order valence-corrected chi connectivity index (χ4v) is 4.06. The Morgan fingerprint density at radius 1 is 1.09 bits per heavy atom. The minimum atomic E-state index is -0.278. The lowest BCUT2D eigenvalue weighted by molar-refractivity contribution is 0.624. The first kappa shape index (κ1) is 20.1. The number of guanidine groups is 1. The van der Waals surface area contributed by atoms with Crippen molar-refractivity contribution >= 4 is 46.2 Å². The highest BCUT2D eigenvalue weighted by Crippen LogP contribution is 2.34. The number of fused-ring (bicyclic) bond motifs is 1. The highest BCUT2D eigenvalue weighted by Gasteiger charge is 2.27. The van der Waals surface area contributed by atoms with Gasteiger partial charge in [-0.15, -0.1) is 0 Å². The zero-order valence-corrected chi connectivity index (χ0v) is 18.3. The van der Waals surface area contributed by atoms with Crippen LogP contribution in [0.3, 0.4) is 0 Å². The van der Waals surface area contributed by atoms with Crippen LogP contribution in [0, 0.1) is 6.92 Å².